The summed E-state index contributed by atoms with van der Waals surface area (Å²) >= 11 is 5.87. The summed E-state index contributed by atoms with van der Waals surface area (Å²) in [6.07, 6.45) is 0. The lowest BCUT2D eigenvalue weighted by atomic mass is 10.1. The van der Waals surface area contributed by atoms with E-state index in [-0.39, 0.29) is 11.5 Å². The molecule has 2 amide bonds. The fourth-order valence-corrected chi connectivity index (χ4v) is 2.72. The van der Waals surface area contributed by atoms with Gasteiger partial charge in [-0.15, -0.1) is 0 Å². The minimum absolute atomic E-state index is 0.146. The third kappa shape index (κ3) is 5.67. The number of ether oxygens (including phenoxy) is 1. The fourth-order valence-electron chi connectivity index (χ4n) is 2.53. The highest BCUT2D eigenvalue weighted by atomic mass is 35.5. The highest BCUT2D eigenvalue weighted by Gasteiger charge is 2.16. The predicted octanol–water partition coefficient (Wildman–Crippen LogP) is 4.39. The Morgan fingerprint density at radius 1 is 0.828 bits per heavy atom. The number of amides is 2. The molecule has 0 spiro atoms. The first-order valence-corrected chi connectivity index (χ1v) is 9.09. The molecule has 0 bridgehead atoms. The number of nitrogens with one attached hydrogen (secondary N) is 2. The zero-order valence-corrected chi connectivity index (χ0v) is 16.0. The lowest BCUT2D eigenvalue weighted by molar-refractivity contribution is -0.119. The molecule has 146 valence electrons. The van der Waals surface area contributed by atoms with E-state index in [2.05, 4.69) is 10.6 Å². The number of esters is 1. The number of carbonyl (C=O) groups is 3. The zero-order chi connectivity index (χ0) is 20.6. The molecule has 0 unspecified atom stereocenters. The number of hydrogen-bond acceptors (Lipinski definition) is 4. The number of rotatable bonds is 6. The van der Waals surface area contributed by atoms with Crippen LogP contribution in [0, 0.1) is 0 Å². The molecule has 3 aromatic rings. The van der Waals surface area contributed by atoms with Crippen molar-refractivity contribution in [1.29, 1.82) is 0 Å². The first-order valence-electron chi connectivity index (χ1n) is 8.71. The average Bonchev–Trinajstić information content (AvgIpc) is 2.73. The smallest absolute Gasteiger partial charge is 0.340 e. The summed E-state index contributed by atoms with van der Waals surface area (Å²) < 4.78 is 5.09. The minimum Gasteiger partial charge on any atom is -0.452 e. The van der Waals surface area contributed by atoms with Gasteiger partial charge in [-0.05, 0) is 42.5 Å². The molecule has 29 heavy (non-hydrogen) atoms. The fraction of sp³-hybridized carbons (Fsp3) is 0.0455. The number of para-hydroxylation sites is 1. The van der Waals surface area contributed by atoms with Gasteiger partial charge < -0.3 is 15.4 Å². The van der Waals surface area contributed by atoms with Gasteiger partial charge in [0.25, 0.3) is 11.8 Å². The van der Waals surface area contributed by atoms with Crippen molar-refractivity contribution in [3.8, 4) is 0 Å². The summed E-state index contributed by atoms with van der Waals surface area (Å²) in [6, 6.07) is 21.7. The molecule has 7 heteroatoms. The van der Waals surface area contributed by atoms with Crippen molar-refractivity contribution in [1.82, 2.24) is 0 Å². The Labute approximate surface area is 172 Å². The molecule has 6 nitrogen and oxygen atoms in total. The van der Waals surface area contributed by atoms with Gasteiger partial charge in [0.1, 0.15) is 0 Å². The van der Waals surface area contributed by atoms with Gasteiger partial charge >= 0.3 is 5.97 Å². The SMILES string of the molecule is O=C(COC(=O)c1ccccc1NC(=O)c1ccccc1)Nc1cccc(Cl)c1. The molecular weight excluding hydrogens is 392 g/mol. The largest absolute Gasteiger partial charge is 0.452 e. The summed E-state index contributed by atoms with van der Waals surface area (Å²) in [5.41, 5.74) is 1.39. The van der Waals surface area contributed by atoms with Crippen molar-refractivity contribution in [3.63, 3.8) is 0 Å². The van der Waals surface area contributed by atoms with Crippen LogP contribution < -0.4 is 10.6 Å². The van der Waals surface area contributed by atoms with Crippen LogP contribution in [-0.4, -0.2) is 24.4 Å². The Morgan fingerprint density at radius 2 is 1.55 bits per heavy atom. The molecule has 0 atom stereocenters. The van der Waals surface area contributed by atoms with Crippen molar-refractivity contribution in [3.05, 3.63) is 95.0 Å². The maximum absolute atomic E-state index is 12.4. The Kier molecular flexibility index (Phi) is 6.60. The second-order valence-corrected chi connectivity index (χ2v) is 6.44. The Balaban J connectivity index is 1.62. The molecule has 0 heterocycles. The standard InChI is InChI=1S/C22H17ClN2O4/c23-16-9-6-10-17(13-16)24-20(26)14-29-22(28)18-11-4-5-12-19(18)25-21(27)15-7-2-1-3-8-15/h1-13H,14H2,(H,24,26)(H,25,27). The normalized spacial score (nSPS) is 10.1. The van der Waals surface area contributed by atoms with Gasteiger partial charge in [-0.1, -0.05) is 48.0 Å². The molecule has 3 aromatic carbocycles. The van der Waals surface area contributed by atoms with Crippen LogP contribution in [0.25, 0.3) is 0 Å². The molecule has 0 saturated carbocycles. The van der Waals surface area contributed by atoms with Crippen LogP contribution in [-0.2, 0) is 9.53 Å². The van der Waals surface area contributed by atoms with Gasteiger partial charge in [0.15, 0.2) is 6.61 Å². The lowest BCUT2D eigenvalue weighted by Crippen LogP contribution is -2.22. The maximum Gasteiger partial charge on any atom is 0.340 e. The first kappa shape index (κ1) is 20.1. The van der Waals surface area contributed by atoms with Crippen molar-refractivity contribution in [2.24, 2.45) is 0 Å². The van der Waals surface area contributed by atoms with Gasteiger partial charge in [0.05, 0.1) is 11.3 Å². The molecule has 0 fully saturated rings. The molecule has 0 aliphatic heterocycles. The zero-order valence-electron chi connectivity index (χ0n) is 15.2. The second kappa shape index (κ2) is 9.52. The third-order valence-corrected chi connectivity index (χ3v) is 4.11. The molecule has 0 saturated heterocycles. The van der Waals surface area contributed by atoms with Gasteiger partial charge in [-0.25, -0.2) is 4.79 Å². The minimum atomic E-state index is -0.727. The first-order chi connectivity index (χ1) is 14.0. The Hall–Kier alpha value is -3.64. The van der Waals surface area contributed by atoms with Crippen molar-refractivity contribution in [2.45, 2.75) is 0 Å². The molecule has 0 aliphatic rings. The van der Waals surface area contributed by atoms with E-state index in [0.29, 0.717) is 22.0 Å². The van der Waals surface area contributed by atoms with E-state index >= 15 is 0 Å². The van der Waals surface area contributed by atoms with Gasteiger partial charge in [0.2, 0.25) is 0 Å². The van der Waals surface area contributed by atoms with Crippen LogP contribution in [0.2, 0.25) is 5.02 Å². The van der Waals surface area contributed by atoms with Gasteiger partial charge in [-0.3, -0.25) is 9.59 Å². The lowest BCUT2D eigenvalue weighted by Gasteiger charge is -2.11. The molecule has 0 aromatic heterocycles. The number of carbonyl (C=O) groups excluding carboxylic acids is 3. The van der Waals surface area contributed by atoms with Crippen LogP contribution in [0.15, 0.2) is 78.9 Å². The van der Waals surface area contributed by atoms with E-state index < -0.39 is 18.5 Å². The van der Waals surface area contributed by atoms with Crippen LogP contribution >= 0.6 is 11.6 Å². The summed E-state index contributed by atoms with van der Waals surface area (Å²) in [6.45, 7) is -0.480. The van der Waals surface area contributed by atoms with Crippen LogP contribution in [0.1, 0.15) is 20.7 Å². The van der Waals surface area contributed by atoms with Crippen LogP contribution in [0.4, 0.5) is 11.4 Å². The molecule has 2 N–H and O–H groups in total. The van der Waals surface area contributed by atoms with E-state index in [0.717, 1.165) is 0 Å². The molecule has 0 aliphatic carbocycles. The third-order valence-electron chi connectivity index (χ3n) is 3.87. The van der Waals surface area contributed by atoms with Crippen molar-refractivity contribution < 1.29 is 19.1 Å². The van der Waals surface area contributed by atoms with E-state index in [1.54, 1.807) is 72.8 Å². The monoisotopic (exact) mass is 408 g/mol. The predicted molar refractivity (Wildman–Crippen MR) is 111 cm³/mol. The van der Waals surface area contributed by atoms with Crippen molar-refractivity contribution >= 4 is 40.8 Å². The molecular formula is C22H17ClN2O4. The molecule has 0 radical (unpaired) electrons. The summed E-state index contributed by atoms with van der Waals surface area (Å²) in [5.74, 6) is -1.59. The summed E-state index contributed by atoms with van der Waals surface area (Å²) in [5, 5.41) is 5.75. The van der Waals surface area contributed by atoms with E-state index in [9.17, 15) is 14.4 Å². The van der Waals surface area contributed by atoms with Crippen LogP contribution in [0.5, 0.6) is 0 Å². The topological polar surface area (TPSA) is 84.5 Å². The van der Waals surface area contributed by atoms with Crippen LogP contribution in [0.3, 0.4) is 0 Å². The van der Waals surface area contributed by atoms with E-state index in [1.165, 1.54) is 6.07 Å². The highest BCUT2D eigenvalue weighted by Crippen LogP contribution is 2.18. The Bertz CT molecular complexity index is 1040. The second-order valence-electron chi connectivity index (χ2n) is 6.00. The van der Waals surface area contributed by atoms with E-state index in [1.807, 2.05) is 0 Å². The number of anilines is 2. The molecule has 3 rings (SSSR count). The quantitative estimate of drug-likeness (QED) is 0.592. The number of halogens is 1. The number of hydrogen-bond donors (Lipinski definition) is 2. The summed E-state index contributed by atoms with van der Waals surface area (Å²) in [4.78, 5) is 36.8. The number of benzene rings is 3. The summed E-state index contributed by atoms with van der Waals surface area (Å²) in [7, 11) is 0. The Morgan fingerprint density at radius 3 is 2.31 bits per heavy atom. The van der Waals surface area contributed by atoms with E-state index in [4.69, 9.17) is 16.3 Å². The van der Waals surface area contributed by atoms with Gasteiger partial charge in [0, 0.05) is 16.3 Å². The maximum atomic E-state index is 12.4. The van der Waals surface area contributed by atoms with Gasteiger partial charge in [-0.2, -0.15) is 0 Å². The van der Waals surface area contributed by atoms with Crippen molar-refractivity contribution in [2.75, 3.05) is 17.2 Å². The highest BCUT2D eigenvalue weighted by molar-refractivity contribution is 6.30. The average molecular weight is 409 g/mol.